The SMILES string of the molecule is CCCN1CNc2c(c(=O)[nH]c(=O)n2Cc2cccnc2)C1. The van der Waals surface area contributed by atoms with Crippen molar-refractivity contribution in [1.29, 1.82) is 0 Å². The molecule has 2 aromatic rings. The van der Waals surface area contributed by atoms with E-state index in [1.807, 2.05) is 12.1 Å². The highest BCUT2D eigenvalue weighted by Crippen LogP contribution is 2.18. The molecule has 0 saturated carbocycles. The van der Waals surface area contributed by atoms with Crippen molar-refractivity contribution in [3.05, 3.63) is 56.5 Å². The summed E-state index contributed by atoms with van der Waals surface area (Å²) >= 11 is 0. The number of nitrogens with one attached hydrogen (secondary N) is 2. The highest BCUT2D eigenvalue weighted by molar-refractivity contribution is 5.45. The van der Waals surface area contributed by atoms with E-state index in [4.69, 9.17) is 0 Å². The number of pyridine rings is 1. The van der Waals surface area contributed by atoms with Crippen LogP contribution in [0.1, 0.15) is 24.5 Å². The minimum atomic E-state index is -0.399. The van der Waals surface area contributed by atoms with Crippen molar-refractivity contribution in [3.63, 3.8) is 0 Å². The summed E-state index contributed by atoms with van der Waals surface area (Å²) in [6.07, 6.45) is 4.43. The van der Waals surface area contributed by atoms with Crippen molar-refractivity contribution >= 4 is 5.82 Å². The lowest BCUT2D eigenvalue weighted by Crippen LogP contribution is -2.43. The average molecular weight is 301 g/mol. The molecule has 1 aliphatic rings. The number of hydrogen-bond acceptors (Lipinski definition) is 5. The Morgan fingerprint density at radius 1 is 1.36 bits per heavy atom. The molecule has 0 aromatic carbocycles. The summed E-state index contributed by atoms with van der Waals surface area (Å²) in [5.41, 5.74) is 0.819. The van der Waals surface area contributed by atoms with E-state index in [0.29, 0.717) is 31.1 Å². The smallest absolute Gasteiger partial charge is 0.330 e. The topological polar surface area (TPSA) is 83.0 Å². The minimum absolute atomic E-state index is 0.310. The Morgan fingerprint density at radius 3 is 2.95 bits per heavy atom. The zero-order chi connectivity index (χ0) is 15.5. The zero-order valence-electron chi connectivity index (χ0n) is 12.5. The van der Waals surface area contributed by atoms with Gasteiger partial charge in [-0.25, -0.2) is 4.79 Å². The predicted molar refractivity (Wildman–Crippen MR) is 83.9 cm³/mol. The fraction of sp³-hybridized carbons (Fsp3) is 0.400. The summed E-state index contributed by atoms with van der Waals surface area (Å²) in [5, 5.41) is 3.22. The number of H-pyrrole nitrogens is 1. The highest BCUT2D eigenvalue weighted by atomic mass is 16.2. The quantitative estimate of drug-likeness (QED) is 0.863. The Bertz CT molecular complexity index is 766. The number of anilines is 1. The summed E-state index contributed by atoms with van der Waals surface area (Å²) in [4.78, 5) is 32.9. The Kier molecular flexibility index (Phi) is 4.06. The van der Waals surface area contributed by atoms with E-state index >= 15 is 0 Å². The molecule has 0 saturated heterocycles. The normalized spacial score (nSPS) is 14.4. The van der Waals surface area contributed by atoms with Crippen molar-refractivity contribution in [2.75, 3.05) is 18.5 Å². The molecule has 0 aliphatic carbocycles. The molecule has 3 heterocycles. The van der Waals surface area contributed by atoms with Crippen LogP contribution in [-0.4, -0.2) is 32.6 Å². The minimum Gasteiger partial charge on any atom is -0.358 e. The maximum atomic E-state index is 12.2. The van der Waals surface area contributed by atoms with E-state index in [1.54, 1.807) is 17.0 Å². The Morgan fingerprint density at radius 2 is 2.23 bits per heavy atom. The fourth-order valence-electron chi connectivity index (χ4n) is 2.73. The van der Waals surface area contributed by atoms with Crippen LogP contribution in [0.4, 0.5) is 5.82 Å². The van der Waals surface area contributed by atoms with Crippen molar-refractivity contribution < 1.29 is 0 Å². The van der Waals surface area contributed by atoms with Gasteiger partial charge >= 0.3 is 5.69 Å². The second kappa shape index (κ2) is 6.15. The number of nitrogens with zero attached hydrogens (tertiary/aromatic N) is 3. The van der Waals surface area contributed by atoms with Crippen LogP contribution in [0.15, 0.2) is 34.1 Å². The third-order valence-corrected chi connectivity index (χ3v) is 3.75. The van der Waals surface area contributed by atoms with Gasteiger partial charge in [0.2, 0.25) is 0 Å². The van der Waals surface area contributed by atoms with Gasteiger partial charge in [-0.1, -0.05) is 13.0 Å². The summed E-state index contributed by atoms with van der Waals surface area (Å²) in [7, 11) is 0. The van der Waals surface area contributed by atoms with Crippen molar-refractivity contribution in [2.45, 2.75) is 26.4 Å². The lowest BCUT2D eigenvalue weighted by Gasteiger charge is -2.30. The predicted octanol–water partition coefficient (Wildman–Crippen LogP) is 0.575. The summed E-state index contributed by atoms with van der Waals surface area (Å²) in [5.74, 6) is 0.616. The van der Waals surface area contributed by atoms with E-state index in [-0.39, 0.29) is 5.56 Å². The van der Waals surface area contributed by atoms with Gasteiger partial charge < -0.3 is 5.32 Å². The summed E-state index contributed by atoms with van der Waals surface area (Å²) in [6, 6.07) is 3.73. The van der Waals surface area contributed by atoms with E-state index in [1.165, 1.54) is 0 Å². The van der Waals surface area contributed by atoms with E-state index in [0.717, 1.165) is 18.5 Å². The second-order valence-corrected chi connectivity index (χ2v) is 5.42. The standard InChI is InChI=1S/C15H19N5O2/c1-2-6-19-9-12-13(17-10-19)20(15(22)18-14(12)21)8-11-4-3-5-16-7-11/h3-5,7,17H,2,6,8-10H2,1H3,(H,18,21,22). The molecular formula is C15H19N5O2. The van der Waals surface area contributed by atoms with Gasteiger partial charge in [0.1, 0.15) is 5.82 Å². The van der Waals surface area contributed by atoms with Crippen molar-refractivity contribution in [2.24, 2.45) is 0 Å². The molecule has 1 aliphatic heterocycles. The first-order valence-electron chi connectivity index (χ1n) is 7.40. The van der Waals surface area contributed by atoms with Gasteiger partial charge in [0.25, 0.3) is 5.56 Å². The number of aromatic nitrogens is 3. The molecular weight excluding hydrogens is 282 g/mol. The first kappa shape index (κ1) is 14.5. The summed E-state index contributed by atoms with van der Waals surface area (Å²) in [6.45, 7) is 4.58. The van der Waals surface area contributed by atoms with Gasteiger partial charge in [0.05, 0.1) is 18.8 Å². The van der Waals surface area contributed by atoms with Crippen LogP contribution in [0.25, 0.3) is 0 Å². The number of rotatable bonds is 4. The third-order valence-electron chi connectivity index (χ3n) is 3.75. The zero-order valence-corrected chi connectivity index (χ0v) is 12.5. The van der Waals surface area contributed by atoms with Gasteiger partial charge in [-0.2, -0.15) is 0 Å². The molecule has 0 unspecified atom stereocenters. The summed E-state index contributed by atoms with van der Waals surface area (Å²) < 4.78 is 1.57. The first-order valence-corrected chi connectivity index (χ1v) is 7.40. The highest BCUT2D eigenvalue weighted by Gasteiger charge is 2.22. The van der Waals surface area contributed by atoms with Gasteiger partial charge in [-0.05, 0) is 24.6 Å². The van der Waals surface area contributed by atoms with E-state index < -0.39 is 5.69 Å². The largest absolute Gasteiger partial charge is 0.358 e. The molecule has 3 rings (SSSR count). The molecule has 7 heteroatoms. The molecule has 2 aromatic heterocycles. The van der Waals surface area contributed by atoms with E-state index in [2.05, 4.69) is 27.1 Å². The molecule has 0 bridgehead atoms. The average Bonchev–Trinajstić information content (AvgIpc) is 2.53. The van der Waals surface area contributed by atoms with Crippen LogP contribution in [0, 0.1) is 0 Å². The molecule has 0 radical (unpaired) electrons. The van der Waals surface area contributed by atoms with Crippen LogP contribution < -0.4 is 16.6 Å². The molecule has 0 amide bonds. The Hall–Kier alpha value is -2.41. The van der Waals surface area contributed by atoms with Gasteiger partial charge in [-0.3, -0.25) is 24.2 Å². The second-order valence-electron chi connectivity index (χ2n) is 5.42. The van der Waals surface area contributed by atoms with Crippen LogP contribution in [0.3, 0.4) is 0 Å². The molecule has 22 heavy (non-hydrogen) atoms. The van der Waals surface area contributed by atoms with Gasteiger partial charge in [0.15, 0.2) is 0 Å². The van der Waals surface area contributed by atoms with Crippen LogP contribution in [-0.2, 0) is 13.1 Å². The van der Waals surface area contributed by atoms with E-state index in [9.17, 15) is 9.59 Å². The molecule has 0 fully saturated rings. The lowest BCUT2D eigenvalue weighted by atomic mass is 10.2. The molecule has 2 N–H and O–H groups in total. The monoisotopic (exact) mass is 301 g/mol. The number of hydrogen-bond donors (Lipinski definition) is 2. The van der Waals surface area contributed by atoms with Crippen molar-refractivity contribution in [3.8, 4) is 0 Å². The van der Waals surface area contributed by atoms with Crippen molar-refractivity contribution in [1.82, 2.24) is 19.4 Å². The molecule has 0 spiro atoms. The maximum Gasteiger partial charge on any atom is 0.330 e. The number of fused-ring (bicyclic) bond motifs is 1. The van der Waals surface area contributed by atoms with Gasteiger partial charge in [-0.15, -0.1) is 0 Å². The Balaban J connectivity index is 2.00. The van der Waals surface area contributed by atoms with Crippen LogP contribution in [0.2, 0.25) is 0 Å². The maximum absolute atomic E-state index is 12.2. The molecule has 0 atom stereocenters. The fourth-order valence-corrected chi connectivity index (χ4v) is 2.73. The van der Waals surface area contributed by atoms with Crippen LogP contribution >= 0.6 is 0 Å². The third kappa shape index (κ3) is 2.80. The Labute approximate surface area is 127 Å². The molecule has 116 valence electrons. The number of aromatic amines is 1. The lowest BCUT2D eigenvalue weighted by molar-refractivity contribution is 0.272. The van der Waals surface area contributed by atoms with Crippen LogP contribution in [0.5, 0.6) is 0 Å². The molecule has 7 nitrogen and oxygen atoms in total. The van der Waals surface area contributed by atoms with Gasteiger partial charge in [0, 0.05) is 18.9 Å². The first-order chi connectivity index (χ1) is 10.7.